The molecule has 0 spiro atoms. The summed E-state index contributed by atoms with van der Waals surface area (Å²) in [5.74, 6) is -8.00. The lowest BCUT2D eigenvalue weighted by Gasteiger charge is -2.22. The second-order valence-corrected chi connectivity index (χ2v) is 3.02. The Balaban J connectivity index is 3.07. The minimum atomic E-state index is -5.83. The van der Waals surface area contributed by atoms with Gasteiger partial charge in [-0.1, -0.05) is 0 Å². The van der Waals surface area contributed by atoms with Crippen LogP contribution in [0.15, 0.2) is 0 Å². The third kappa shape index (κ3) is 1.67. The first-order valence-electron chi connectivity index (χ1n) is 3.57. The van der Waals surface area contributed by atoms with E-state index in [4.69, 9.17) is 0 Å². The van der Waals surface area contributed by atoms with E-state index in [0.29, 0.717) is 0 Å². The van der Waals surface area contributed by atoms with E-state index in [1.807, 2.05) is 0 Å². The van der Waals surface area contributed by atoms with Crippen molar-refractivity contribution in [2.75, 3.05) is 6.67 Å². The molecule has 0 saturated carbocycles. The Morgan fingerprint density at radius 1 is 1.07 bits per heavy atom. The molecule has 0 N–H and O–H groups in total. The number of hydrogen-bond acceptors (Lipinski definition) is 2. The molecule has 1 fully saturated rings. The van der Waals surface area contributed by atoms with Gasteiger partial charge in [0.05, 0.1) is 0 Å². The lowest BCUT2D eigenvalue weighted by Crippen LogP contribution is -2.44. The van der Waals surface area contributed by atoms with Gasteiger partial charge in [-0.05, 0) is 0 Å². The zero-order valence-electron chi connectivity index (χ0n) is 7.17. The molecule has 9 heteroatoms. The van der Waals surface area contributed by atoms with Gasteiger partial charge in [0.25, 0.3) is 5.85 Å². The van der Waals surface area contributed by atoms with E-state index in [-0.39, 0.29) is 6.92 Å². The highest BCUT2D eigenvalue weighted by Crippen LogP contribution is 2.53. The van der Waals surface area contributed by atoms with Crippen LogP contribution in [-0.4, -0.2) is 30.6 Å². The first kappa shape index (κ1) is 12.5. The summed E-state index contributed by atoms with van der Waals surface area (Å²) in [6.07, 6.45) is -5.83. The van der Waals surface area contributed by atoms with Gasteiger partial charge < -0.3 is 0 Å². The molecule has 1 aliphatic rings. The maximum absolute atomic E-state index is 13.0. The van der Waals surface area contributed by atoms with Crippen LogP contribution in [0.5, 0.6) is 0 Å². The van der Waals surface area contributed by atoms with Crippen molar-refractivity contribution in [2.24, 2.45) is 0 Å². The summed E-state index contributed by atoms with van der Waals surface area (Å²) in [5, 5.41) is 0. The SMILES string of the molecule is CC1(F)OC(F)(C(F)(F)F)OC1(F)CF. The van der Waals surface area contributed by atoms with Crippen LogP contribution in [0, 0.1) is 0 Å². The summed E-state index contributed by atoms with van der Waals surface area (Å²) in [5.41, 5.74) is 0. The normalized spacial score (nSPS) is 47.2. The molecule has 90 valence electrons. The number of halogens is 7. The minimum Gasteiger partial charge on any atom is -0.273 e. The van der Waals surface area contributed by atoms with Gasteiger partial charge in [0.1, 0.15) is 0 Å². The fourth-order valence-corrected chi connectivity index (χ4v) is 0.905. The second-order valence-electron chi connectivity index (χ2n) is 3.02. The standard InChI is InChI=1S/C6H5F7O2/c1-3(8)4(9,2-7)15-6(13,14-3)5(10,11)12/h2H2,1H3. The van der Waals surface area contributed by atoms with Crippen molar-refractivity contribution in [3.8, 4) is 0 Å². The highest BCUT2D eigenvalue weighted by atomic mass is 19.4. The average molecular weight is 242 g/mol. The summed E-state index contributed by atoms with van der Waals surface area (Å²) in [6, 6.07) is -4.99. The van der Waals surface area contributed by atoms with Crippen molar-refractivity contribution < 1.29 is 40.2 Å². The van der Waals surface area contributed by atoms with Gasteiger partial charge in [-0.2, -0.15) is 17.6 Å². The van der Waals surface area contributed by atoms with Crippen molar-refractivity contribution in [3.05, 3.63) is 0 Å². The molecule has 0 bridgehead atoms. The summed E-state index contributed by atoms with van der Waals surface area (Å²) in [4.78, 5) is 0. The van der Waals surface area contributed by atoms with Gasteiger partial charge in [-0.15, -0.1) is 0 Å². The third-order valence-electron chi connectivity index (χ3n) is 1.79. The van der Waals surface area contributed by atoms with E-state index in [9.17, 15) is 30.7 Å². The smallest absolute Gasteiger partial charge is 0.273 e. The van der Waals surface area contributed by atoms with E-state index in [2.05, 4.69) is 9.47 Å². The molecule has 1 heterocycles. The molecule has 15 heavy (non-hydrogen) atoms. The van der Waals surface area contributed by atoms with Crippen LogP contribution in [0.2, 0.25) is 0 Å². The van der Waals surface area contributed by atoms with E-state index >= 15 is 0 Å². The van der Waals surface area contributed by atoms with E-state index in [0.717, 1.165) is 0 Å². The number of alkyl halides is 7. The molecular weight excluding hydrogens is 237 g/mol. The van der Waals surface area contributed by atoms with Crippen molar-refractivity contribution in [1.82, 2.24) is 0 Å². The number of hydrogen-bond donors (Lipinski definition) is 0. The van der Waals surface area contributed by atoms with Gasteiger partial charge in [-0.25, -0.2) is 13.2 Å². The van der Waals surface area contributed by atoms with Crippen molar-refractivity contribution >= 4 is 0 Å². The quantitative estimate of drug-likeness (QED) is 0.658. The Bertz CT molecular complexity index is 265. The topological polar surface area (TPSA) is 18.5 Å². The van der Waals surface area contributed by atoms with Crippen LogP contribution in [-0.2, 0) is 9.47 Å². The second kappa shape index (κ2) is 2.97. The van der Waals surface area contributed by atoms with Crippen molar-refractivity contribution in [2.45, 2.75) is 30.9 Å². The highest BCUT2D eigenvalue weighted by molar-refractivity contribution is 4.93. The average Bonchev–Trinajstić information content (AvgIpc) is 2.18. The molecule has 0 amide bonds. The lowest BCUT2D eigenvalue weighted by molar-refractivity contribution is -0.426. The first-order chi connectivity index (χ1) is 6.47. The van der Waals surface area contributed by atoms with Crippen LogP contribution in [0.1, 0.15) is 6.92 Å². The van der Waals surface area contributed by atoms with Crippen LogP contribution < -0.4 is 0 Å². The van der Waals surface area contributed by atoms with Gasteiger partial charge in [-0.3, -0.25) is 9.47 Å². The monoisotopic (exact) mass is 242 g/mol. The zero-order chi connectivity index (χ0) is 12.1. The van der Waals surface area contributed by atoms with Crippen LogP contribution in [0.3, 0.4) is 0 Å². The fraction of sp³-hybridized carbons (Fsp3) is 1.00. The third-order valence-corrected chi connectivity index (χ3v) is 1.79. The number of rotatable bonds is 1. The Kier molecular flexibility index (Phi) is 2.48. The molecule has 3 atom stereocenters. The predicted octanol–water partition coefficient (Wildman–Crippen LogP) is 2.54. The van der Waals surface area contributed by atoms with Crippen molar-refractivity contribution in [3.63, 3.8) is 0 Å². The summed E-state index contributed by atoms with van der Waals surface area (Å²) in [7, 11) is 0. The molecule has 0 aliphatic carbocycles. The molecule has 0 aromatic heterocycles. The first-order valence-corrected chi connectivity index (χ1v) is 3.57. The van der Waals surface area contributed by atoms with Gasteiger partial charge >= 0.3 is 18.1 Å². The molecule has 2 nitrogen and oxygen atoms in total. The molecule has 0 aromatic rings. The Morgan fingerprint density at radius 3 is 1.73 bits per heavy atom. The largest absolute Gasteiger partial charge is 0.478 e. The zero-order valence-corrected chi connectivity index (χ0v) is 7.17. The van der Waals surface area contributed by atoms with Gasteiger partial charge in [0.15, 0.2) is 6.67 Å². The fourth-order valence-electron chi connectivity index (χ4n) is 0.905. The molecule has 0 aromatic carbocycles. The Hall–Kier alpha value is -0.570. The predicted molar refractivity (Wildman–Crippen MR) is 31.4 cm³/mol. The molecule has 1 rings (SSSR count). The highest BCUT2D eigenvalue weighted by Gasteiger charge is 2.77. The van der Waals surface area contributed by atoms with Gasteiger partial charge in [0.2, 0.25) is 0 Å². The summed E-state index contributed by atoms with van der Waals surface area (Å²) in [6.45, 7) is -2.22. The van der Waals surface area contributed by atoms with E-state index < -0.39 is 30.6 Å². The summed E-state index contributed by atoms with van der Waals surface area (Å²) < 4.78 is 92.5. The van der Waals surface area contributed by atoms with Crippen LogP contribution in [0.25, 0.3) is 0 Å². The molecule has 3 unspecified atom stereocenters. The van der Waals surface area contributed by atoms with Crippen molar-refractivity contribution in [1.29, 1.82) is 0 Å². The Labute approximate surface area is 78.9 Å². The summed E-state index contributed by atoms with van der Waals surface area (Å²) >= 11 is 0. The minimum absolute atomic E-state index is 0.0969. The molecule has 1 saturated heterocycles. The Morgan fingerprint density at radius 2 is 1.53 bits per heavy atom. The molecule has 0 radical (unpaired) electrons. The molecular formula is C6H5F7O2. The van der Waals surface area contributed by atoms with E-state index in [1.165, 1.54) is 0 Å². The maximum atomic E-state index is 13.0. The number of ether oxygens (including phenoxy) is 2. The lowest BCUT2D eigenvalue weighted by atomic mass is 10.2. The van der Waals surface area contributed by atoms with E-state index in [1.54, 1.807) is 0 Å². The van der Waals surface area contributed by atoms with Crippen LogP contribution in [0.4, 0.5) is 30.7 Å². The molecule has 1 aliphatic heterocycles. The van der Waals surface area contributed by atoms with Gasteiger partial charge in [0, 0.05) is 6.92 Å². The van der Waals surface area contributed by atoms with Crippen LogP contribution >= 0.6 is 0 Å². The maximum Gasteiger partial charge on any atom is 0.478 e.